The zero-order valence-electron chi connectivity index (χ0n) is 30.2. The Morgan fingerprint density at radius 1 is 0.281 bits per heavy atom. The number of rotatable bonds is 12. The summed E-state index contributed by atoms with van der Waals surface area (Å²) in [7, 11) is 0. The summed E-state index contributed by atoms with van der Waals surface area (Å²) >= 11 is 0. The van der Waals surface area contributed by atoms with Crippen LogP contribution in [0.25, 0.3) is 0 Å². The van der Waals surface area contributed by atoms with Crippen LogP contribution in [0.15, 0.2) is 213 Å². The Morgan fingerprint density at radius 3 is 0.719 bits per heavy atom. The molecule has 3 amide bonds. The Morgan fingerprint density at radius 2 is 0.491 bits per heavy atom. The number of anilines is 3. The molecule has 0 aliphatic carbocycles. The van der Waals surface area contributed by atoms with Crippen LogP contribution in [-0.2, 0) is 0 Å². The number of amides is 3. The molecule has 3 N–H and O–H groups in total. The molecule has 0 aliphatic rings. The van der Waals surface area contributed by atoms with Crippen molar-refractivity contribution < 1.29 is 14.4 Å². The van der Waals surface area contributed by atoms with Gasteiger partial charge in [-0.1, -0.05) is 54.6 Å². The molecule has 0 saturated carbocycles. The van der Waals surface area contributed by atoms with E-state index >= 15 is 0 Å². The van der Waals surface area contributed by atoms with E-state index in [1.165, 1.54) is 18.2 Å². The van der Waals surface area contributed by atoms with Gasteiger partial charge in [-0.3, -0.25) is 14.4 Å². The summed E-state index contributed by atoms with van der Waals surface area (Å²) in [5, 5.41) is 33.9. The van der Waals surface area contributed by atoms with E-state index in [1.54, 1.807) is 72.8 Å². The lowest BCUT2D eigenvalue weighted by molar-refractivity contribution is 0.102. The minimum atomic E-state index is -0.529. The van der Waals surface area contributed by atoms with E-state index in [0.29, 0.717) is 51.2 Å². The molecule has 0 unspecified atom stereocenters. The molecule has 12 heteroatoms. The maximum absolute atomic E-state index is 13.6. The van der Waals surface area contributed by atoms with Gasteiger partial charge in [-0.2, -0.15) is 30.7 Å². The number of benzene rings is 7. The molecule has 0 heterocycles. The first-order chi connectivity index (χ1) is 27.9. The van der Waals surface area contributed by atoms with Crippen molar-refractivity contribution in [1.29, 1.82) is 0 Å². The van der Waals surface area contributed by atoms with Gasteiger partial charge in [0, 0.05) is 33.8 Å². The third-order valence-corrected chi connectivity index (χ3v) is 8.21. The first-order valence-electron chi connectivity index (χ1n) is 17.7. The fourth-order valence-corrected chi connectivity index (χ4v) is 5.30. The van der Waals surface area contributed by atoms with Crippen molar-refractivity contribution in [2.24, 2.45) is 30.7 Å². The fourth-order valence-electron chi connectivity index (χ4n) is 5.30. The molecule has 0 atom stereocenters. The average Bonchev–Trinajstić information content (AvgIpc) is 3.26. The van der Waals surface area contributed by atoms with Gasteiger partial charge in [-0.25, -0.2) is 0 Å². The molecule has 0 saturated heterocycles. The maximum atomic E-state index is 13.6. The van der Waals surface area contributed by atoms with Crippen LogP contribution < -0.4 is 16.0 Å². The number of hydrogen-bond donors (Lipinski definition) is 3. The van der Waals surface area contributed by atoms with Crippen LogP contribution in [0.2, 0.25) is 0 Å². The lowest BCUT2D eigenvalue weighted by Gasteiger charge is -2.12. The van der Waals surface area contributed by atoms with Crippen LogP contribution in [0.1, 0.15) is 31.1 Å². The lowest BCUT2D eigenvalue weighted by Crippen LogP contribution is -2.19. The van der Waals surface area contributed by atoms with Gasteiger partial charge < -0.3 is 16.0 Å². The number of carbonyl (C=O) groups is 3. The molecule has 57 heavy (non-hydrogen) atoms. The second kappa shape index (κ2) is 18.2. The molecule has 7 rings (SSSR count). The highest BCUT2D eigenvalue weighted by molar-refractivity contribution is 6.13. The Bertz CT molecular complexity index is 2260. The molecule has 0 spiro atoms. The summed E-state index contributed by atoms with van der Waals surface area (Å²) in [6, 6.07) is 52.7. The van der Waals surface area contributed by atoms with E-state index in [1.807, 2.05) is 91.0 Å². The van der Waals surface area contributed by atoms with Gasteiger partial charge in [0.15, 0.2) is 0 Å². The Kier molecular flexibility index (Phi) is 11.8. The zero-order chi connectivity index (χ0) is 39.2. The minimum absolute atomic E-state index is 0.0917. The van der Waals surface area contributed by atoms with Gasteiger partial charge in [0.1, 0.15) is 0 Å². The van der Waals surface area contributed by atoms with Crippen molar-refractivity contribution in [2.45, 2.75) is 0 Å². The van der Waals surface area contributed by atoms with Crippen molar-refractivity contribution >= 4 is 68.9 Å². The number of hydrogen-bond acceptors (Lipinski definition) is 9. The van der Waals surface area contributed by atoms with Crippen LogP contribution in [0.5, 0.6) is 0 Å². The Labute approximate surface area is 327 Å². The molecule has 0 aromatic heterocycles. The van der Waals surface area contributed by atoms with Gasteiger partial charge in [-0.05, 0) is 127 Å². The summed E-state index contributed by atoms with van der Waals surface area (Å²) in [5.74, 6) is -1.59. The van der Waals surface area contributed by atoms with E-state index in [-0.39, 0.29) is 16.7 Å². The van der Waals surface area contributed by atoms with Crippen molar-refractivity contribution in [2.75, 3.05) is 16.0 Å². The highest BCUT2D eigenvalue weighted by Crippen LogP contribution is 2.25. The molecule has 7 aromatic rings. The summed E-state index contributed by atoms with van der Waals surface area (Å²) in [4.78, 5) is 40.9. The van der Waals surface area contributed by atoms with Crippen molar-refractivity contribution in [1.82, 2.24) is 0 Å². The van der Waals surface area contributed by atoms with Crippen LogP contribution in [0.4, 0.5) is 51.2 Å². The van der Waals surface area contributed by atoms with Gasteiger partial charge in [-0.15, -0.1) is 0 Å². The highest BCUT2D eigenvalue weighted by atomic mass is 16.2. The second-order valence-electron chi connectivity index (χ2n) is 12.4. The van der Waals surface area contributed by atoms with Crippen molar-refractivity contribution in [3.63, 3.8) is 0 Å². The molecular weight excluding hydrogens is 715 g/mol. The first kappa shape index (κ1) is 37.1. The van der Waals surface area contributed by atoms with Crippen LogP contribution in [-0.4, -0.2) is 17.7 Å². The SMILES string of the molecule is O=C(Nc1ccc(/N=N/c2ccccc2)cc1)c1cc(C(=O)Nc2ccc(/N=N/c3ccccc3)cc2)cc(C(=O)Nc2ccc(/N=N/c3ccccc3)cc2)c1. The van der Waals surface area contributed by atoms with E-state index in [2.05, 4.69) is 46.6 Å². The number of nitrogens with zero attached hydrogens (tertiary/aromatic N) is 6. The summed E-state index contributed by atoms with van der Waals surface area (Å²) < 4.78 is 0. The van der Waals surface area contributed by atoms with Crippen molar-refractivity contribution in [3.8, 4) is 0 Å². The standard InChI is InChI=1S/C45H33N9O3/c55-43(46-34-16-22-40(23-17-34)52-49-37-10-4-1-5-11-37)31-28-32(44(56)47-35-18-24-41(25-19-35)53-50-38-12-6-2-7-13-38)30-33(29-31)45(57)48-36-20-26-42(27-21-36)54-51-39-14-8-3-9-15-39/h1-30H,(H,46,55)(H,47,56)(H,48,57)/b52-49+,53-50+,54-51+. The molecule has 0 bridgehead atoms. The van der Waals surface area contributed by atoms with Crippen LogP contribution in [0.3, 0.4) is 0 Å². The quantitative estimate of drug-likeness (QED) is 0.106. The number of nitrogens with one attached hydrogen (secondary N) is 3. The Hall–Kier alpha value is -8.25. The topological polar surface area (TPSA) is 161 Å². The summed E-state index contributed by atoms with van der Waals surface area (Å²) in [6.07, 6.45) is 0. The van der Waals surface area contributed by atoms with E-state index in [4.69, 9.17) is 0 Å². The largest absolute Gasteiger partial charge is 0.322 e. The lowest BCUT2D eigenvalue weighted by atomic mass is 10.0. The number of azo groups is 3. The smallest absolute Gasteiger partial charge is 0.255 e. The van der Waals surface area contributed by atoms with E-state index in [0.717, 1.165) is 0 Å². The minimum Gasteiger partial charge on any atom is -0.322 e. The summed E-state index contributed by atoms with van der Waals surface area (Å²) in [6.45, 7) is 0. The van der Waals surface area contributed by atoms with Gasteiger partial charge in [0.05, 0.1) is 34.1 Å². The molecule has 276 valence electrons. The normalized spacial score (nSPS) is 11.2. The van der Waals surface area contributed by atoms with E-state index < -0.39 is 17.7 Å². The number of carbonyl (C=O) groups excluding carboxylic acids is 3. The molecular formula is C45H33N9O3. The van der Waals surface area contributed by atoms with Crippen molar-refractivity contribution in [3.05, 3.63) is 199 Å². The predicted molar refractivity (Wildman–Crippen MR) is 221 cm³/mol. The van der Waals surface area contributed by atoms with Gasteiger partial charge >= 0.3 is 0 Å². The maximum Gasteiger partial charge on any atom is 0.255 e. The first-order valence-corrected chi connectivity index (χ1v) is 17.7. The molecule has 12 nitrogen and oxygen atoms in total. The third-order valence-electron chi connectivity index (χ3n) is 8.21. The molecule has 0 aliphatic heterocycles. The average molecular weight is 748 g/mol. The second-order valence-corrected chi connectivity index (χ2v) is 12.4. The molecule has 7 aromatic carbocycles. The predicted octanol–water partition coefficient (Wildman–Crippen LogP) is 12.7. The van der Waals surface area contributed by atoms with E-state index in [9.17, 15) is 14.4 Å². The van der Waals surface area contributed by atoms with Crippen LogP contribution >= 0.6 is 0 Å². The Balaban J connectivity index is 1.08. The molecule has 0 radical (unpaired) electrons. The zero-order valence-corrected chi connectivity index (χ0v) is 30.2. The third kappa shape index (κ3) is 10.7. The fraction of sp³-hybridized carbons (Fsp3) is 0. The monoisotopic (exact) mass is 747 g/mol. The summed E-state index contributed by atoms with van der Waals surface area (Å²) in [5.41, 5.74) is 5.62. The highest BCUT2D eigenvalue weighted by Gasteiger charge is 2.18. The van der Waals surface area contributed by atoms with Crippen LogP contribution in [0, 0.1) is 0 Å². The van der Waals surface area contributed by atoms with Gasteiger partial charge in [0.25, 0.3) is 17.7 Å². The molecule has 0 fully saturated rings. The van der Waals surface area contributed by atoms with Gasteiger partial charge in [0.2, 0.25) is 0 Å².